The summed E-state index contributed by atoms with van der Waals surface area (Å²) in [6, 6.07) is 2.23. The van der Waals surface area contributed by atoms with Crippen LogP contribution in [0.3, 0.4) is 0 Å². The second kappa shape index (κ2) is 13.1. The van der Waals surface area contributed by atoms with E-state index >= 15 is 0 Å². The summed E-state index contributed by atoms with van der Waals surface area (Å²) in [5.41, 5.74) is 5.00. The number of ether oxygens (including phenoxy) is 3. The highest BCUT2D eigenvalue weighted by Gasteiger charge is 2.63. The van der Waals surface area contributed by atoms with Crippen LogP contribution in [0.15, 0.2) is 36.5 Å². The van der Waals surface area contributed by atoms with E-state index in [0.717, 1.165) is 0 Å². The van der Waals surface area contributed by atoms with Crippen molar-refractivity contribution in [1.82, 2.24) is 19.9 Å². The standard InChI is InChI=1S/C34H44FN5O8S/c1-5-26-28(36)31(42)40-18-22(48-30-23-16-24(35)27(46-4)14-20(23)10-13-37-30)15-25(40)29(41)38-34(17-21(34)9-7-6-8-19(2)47-26)32(43)39-49(44,45)33(3)11-12-33/h7,9-10,13-14,16,19,21-22,25-26,28H,5-6,8,11-12,15,17-18,36H2,1-4H3,(H,38,41)(H,39,43)/t19-,21-,22-,25+,26+,28+,34-/m1/s1. The zero-order valence-electron chi connectivity index (χ0n) is 28.1. The van der Waals surface area contributed by atoms with E-state index < -0.39 is 74.1 Å². The number of halogens is 1. The second-order valence-electron chi connectivity index (χ2n) is 13.9. The number of sulfonamides is 1. The Labute approximate surface area is 285 Å². The lowest BCUT2D eigenvalue weighted by Crippen LogP contribution is -2.59. The number of carbonyl (C=O) groups is 3. The predicted molar refractivity (Wildman–Crippen MR) is 177 cm³/mol. The smallest absolute Gasteiger partial charge is 0.259 e. The highest BCUT2D eigenvalue weighted by atomic mass is 32.2. The van der Waals surface area contributed by atoms with Gasteiger partial charge in [0.25, 0.3) is 5.91 Å². The Morgan fingerprint density at radius 1 is 1.29 bits per heavy atom. The van der Waals surface area contributed by atoms with Gasteiger partial charge in [0.1, 0.15) is 23.7 Å². The van der Waals surface area contributed by atoms with Gasteiger partial charge in [-0.1, -0.05) is 19.1 Å². The lowest BCUT2D eigenvalue weighted by atomic mass is 10.1. The topological polar surface area (TPSA) is 179 Å². The minimum atomic E-state index is -3.98. The molecule has 2 aliphatic heterocycles. The molecule has 2 aromatic rings. The molecule has 7 atom stereocenters. The van der Waals surface area contributed by atoms with Gasteiger partial charge >= 0.3 is 0 Å². The number of fused-ring (bicyclic) bond motifs is 3. The van der Waals surface area contributed by atoms with Gasteiger partial charge in [0.15, 0.2) is 11.6 Å². The van der Waals surface area contributed by atoms with E-state index in [1.54, 1.807) is 13.0 Å². The van der Waals surface area contributed by atoms with Crippen molar-refractivity contribution in [2.45, 2.75) is 106 Å². The number of allylic oxidation sites excluding steroid dienone is 1. The maximum Gasteiger partial charge on any atom is 0.259 e. The van der Waals surface area contributed by atoms with Gasteiger partial charge in [0.2, 0.25) is 27.7 Å². The maximum atomic E-state index is 14.7. The number of nitrogens with one attached hydrogen (secondary N) is 2. The van der Waals surface area contributed by atoms with E-state index in [4.69, 9.17) is 19.9 Å². The fraction of sp³-hybridized carbons (Fsp3) is 0.588. The number of amides is 3. The first-order chi connectivity index (χ1) is 23.2. The number of pyridine rings is 1. The molecule has 2 saturated carbocycles. The molecule has 4 aliphatic rings. The van der Waals surface area contributed by atoms with Crippen molar-refractivity contribution in [1.29, 1.82) is 0 Å². The summed E-state index contributed by atoms with van der Waals surface area (Å²) in [7, 11) is -2.62. The van der Waals surface area contributed by atoms with Gasteiger partial charge in [-0.15, -0.1) is 0 Å². The third-order valence-corrected chi connectivity index (χ3v) is 12.5. The first-order valence-electron chi connectivity index (χ1n) is 16.8. The van der Waals surface area contributed by atoms with Crippen molar-refractivity contribution < 1.29 is 41.4 Å². The molecule has 3 amide bonds. The van der Waals surface area contributed by atoms with Crippen LogP contribution in [0.1, 0.15) is 65.7 Å². The van der Waals surface area contributed by atoms with Crippen molar-refractivity contribution in [3.63, 3.8) is 0 Å². The number of methoxy groups -OCH3 is 1. The van der Waals surface area contributed by atoms with Crippen LogP contribution >= 0.6 is 0 Å². The highest BCUT2D eigenvalue weighted by Crippen LogP contribution is 2.47. The lowest BCUT2D eigenvalue weighted by molar-refractivity contribution is -0.144. The van der Waals surface area contributed by atoms with Crippen molar-refractivity contribution in [2.75, 3.05) is 13.7 Å². The number of benzene rings is 1. The second-order valence-corrected chi connectivity index (χ2v) is 16.1. The van der Waals surface area contributed by atoms with Gasteiger partial charge in [-0.3, -0.25) is 19.1 Å². The average Bonchev–Trinajstić information content (AvgIpc) is 3.94. The van der Waals surface area contributed by atoms with Crippen LogP contribution in [-0.4, -0.2) is 90.4 Å². The number of hydrogen-bond donors (Lipinski definition) is 3. The fourth-order valence-electron chi connectivity index (χ4n) is 6.74. The lowest BCUT2D eigenvalue weighted by Gasteiger charge is -2.32. The summed E-state index contributed by atoms with van der Waals surface area (Å²) in [5, 5.41) is 3.82. The summed E-state index contributed by atoms with van der Waals surface area (Å²) in [5.74, 6) is -2.90. The van der Waals surface area contributed by atoms with Crippen LogP contribution in [0.2, 0.25) is 0 Å². The molecule has 0 radical (unpaired) electrons. The number of hydrogen-bond acceptors (Lipinski definition) is 10. The van der Waals surface area contributed by atoms with Gasteiger partial charge in [-0.05, 0) is 76.0 Å². The van der Waals surface area contributed by atoms with Gasteiger partial charge < -0.3 is 30.2 Å². The molecule has 266 valence electrons. The summed E-state index contributed by atoms with van der Waals surface area (Å²) >= 11 is 0. The molecule has 1 aromatic carbocycles. The Bertz CT molecular complexity index is 1780. The van der Waals surface area contributed by atoms with Gasteiger partial charge in [0.05, 0.1) is 30.6 Å². The van der Waals surface area contributed by atoms with Crippen LogP contribution in [-0.2, 0) is 29.1 Å². The van der Waals surface area contributed by atoms with Gasteiger partial charge in [-0.2, -0.15) is 0 Å². The SMILES string of the molecule is CC[C@@H]1O[C@H](C)CCC=C[C@@H]2C[C@@]2(C(=O)NS(=O)(=O)C2(C)CC2)NC(=O)[C@@H]2C[C@@H](Oc3nccc4cc(OC)c(F)cc34)CN2C(=O)[C@H]1N. The maximum absolute atomic E-state index is 14.7. The monoisotopic (exact) mass is 701 g/mol. The first-order valence-corrected chi connectivity index (χ1v) is 18.3. The van der Waals surface area contributed by atoms with Gasteiger partial charge in [0, 0.05) is 23.9 Å². The molecule has 1 saturated heterocycles. The van der Waals surface area contributed by atoms with Crippen LogP contribution in [0.4, 0.5) is 4.39 Å². The zero-order valence-corrected chi connectivity index (χ0v) is 28.9. The predicted octanol–water partition coefficient (Wildman–Crippen LogP) is 2.47. The quantitative estimate of drug-likeness (QED) is 0.363. The van der Waals surface area contributed by atoms with E-state index in [-0.39, 0.29) is 37.1 Å². The summed E-state index contributed by atoms with van der Waals surface area (Å²) in [4.78, 5) is 47.6. The minimum Gasteiger partial charge on any atom is -0.494 e. The van der Waals surface area contributed by atoms with Crippen LogP contribution in [0.5, 0.6) is 11.6 Å². The fourth-order valence-corrected chi connectivity index (χ4v) is 8.05. The van der Waals surface area contributed by atoms with E-state index in [0.29, 0.717) is 42.9 Å². The molecule has 0 spiro atoms. The Morgan fingerprint density at radius 3 is 2.73 bits per heavy atom. The average molecular weight is 702 g/mol. The molecule has 0 bridgehead atoms. The Kier molecular flexibility index (Phi) is 9.39. The van der Waals surface area contributed by atoms with Crippen molar-refractivity contribution in [2.24, 2.45) is 11.7 Å². The van der Waals surface area contributed by atoms with Crippen LogP contribution < -0.4 is 25.2 Å². The molecule has 13 nitrogen and oxygen atoms in total. The number of aromatic nitrogens is 1. The summed E-state index contributed by atoms with van der Waals surface area (Å²) in [6.07, 6.45) is 6.33. The summed E-state index contributed by atoms with van der Waals surface area (Å²) < 4.78 is 59.5. The Hall–Kier alpha value is -3.82. The molecular formula is C34H44FN5O8S. The van der Waals surface area contributed by atoms with Crippen molar-refractivity contribution >= 4 is 38.5 Å². The zero-order chi connectivity index (χ0) is 35.3. The normalized spacial score (nSPS) is 31.5. The summed E-state index contributed by atoms with van der Waals surface area (Å²) in [6.45, 7) is 5.29. The number of rotatable bonds is 7. The Morgan fingerprint density at radius 2 is 2.04 bits per heavy atom. The molecule has 3 heterocycles. The Balaban J connectivity index is 1.32. The first kappa shape index (κ1) is 35.0. The largest absolute Gasteiger partial charge is 0.494 e. The molecule has 6 rings (SSSR count). The number of nitrogens with two attached hydrogens (primary N) is 1. The van der Waals surface area contributed by atoms with E-state index in [2.05, 4.69) is 15.0 Å². The van der Waals surface area contributed by atoms with Crippen molar-refractivity contribution in [3.05, 3.63) is 42.4 Å². The molecule has 1 aromatic heterocycles. The van der Waals surface area contributed by atoms with Crippen LogP contribution in [0.25, 0.3) is 10.8 Å². The molecular weight excluding hydrogens is 657 g/mol. The molecule has 15 heteroatoms. The molecule has 49 heavy (non-hydrogen) atoms. The number of nitrogens with zero attached hydrogens (tertiary/aromatic N) is 2. The third kappa shape index (κ3) is 6.72. The van der Waals surface area contributed by atoms with Crippen molar-refractivity contribution in [3.8, 4) is 11.6 Å². The number of carbonyl (C=O) groups excluding carboxylic acids is 3. The van der Waals surface area contributed by atoms with Crippen LogP contribution in [0, 0.1) is 11.7 Å². The highest BCUT2D eigenvalue weighted by molar-refractivity contribution is 7.91. The van der Waals surface area contributed by atoms with E-state index in [1.807, 2.05) is 26.0 Å². The minimum absolute atomic E-state index is 0.00360. The van der Waals surface area contributed by atoms with E-state index in [9.17, 15) is 27.2 Å². The molecule has 2 aliphatic carbocycles. The molecule has 0 unspecified atom stereocenters. The molecule has 4 N–H and O–H groups in total. The van der Waals surface area contributed by atoms with E-state index in [1.165, 1.54) is 30.3 Å². The molecule has 3 fully saturated rings. The third-order valence-electron chi connectivity index (χ3n) is 10.3. The van der Waals surface area contributed by atoms with Gasteiger partial charge in [-0.25, -0.2) is 17.8 Å².